The first-order chi connectivity index (χ1) is 17.4. The smallest absolute Gasteiger partial charge is 0.433 e. The van der Waals surface area contributed by atoms with Crippen LogP contribution in [-0.2, 0) is 12.7 Å². The van der Waals surface area contributed by atoms with Gasteiger partial charge in [0.15, 0.2) is 22.8 Å². The number of halogens is 3. The Kier molecular flexibility index (Phi) is 6.75. The fourth-order valence-corrected chi connectivity index (χ4v) is 3.55. The molecule has 5 rings (SSSR count). The van der Waals surface area contributed by atoms with Gasteiger partial charge in [-0.05, 0) is 44.5 Å². The van der Waals surface area contributed by atoms with Crippen molar-refractivity contribution in [3.05, 3.63) is 94.4 Å². The molecule has 2 N–H and O–H groups in total. The van der Waals surface area contributed by atoms with Crippen LogP contribution in [0.2, 0.25) is 0 Å². The van der Waals surface area contributed by atoms with Crippen LogP contribution in [0.4, 0.5) is 18.9 Å². The highest BCUT2D eigenvalue weighted by atomic mass is 19.4. The van der Waals surface area contributed by atoms with Crippen molar-refractivity contribution in [3.8, 4) is 11.5 Å². The van der Waals surface area contributed by atoms with Gasteiger partial charge in [0.1, 0.15) is 5.69 Å². The standard InChI is InChI=1S/C13H16N3.C12H6F3N3O3/c1-9-4-6-12(7-5-9)8-16-11(3)13(14)10(2)15-16;13-12(14,15)9-4-6(8-2-1-3-21-8)16-10-5-7(11(19)20)17-18(9)10/h4-7,14H,8H2,1-3H3;1-5H,(H,19,20)/q-1;. The molecule has 192 valence electrons. The van der Waals surface area contributed by atoms with E-state index in [4.69, 9.17) is 15.3 Å². The predicted octanol–water partition coefficient (Wildman–Crippen LogP) is 6.25. The SMILES string of the molecule is Cc1ccc(Cn2nc(C)c([NH-])c2C)cc1.O=C(O)c1cc2nc(-c3ccco3)cc(C(F)(F)F)n2n1. The van der Waals surface area contributed by atoms with Crippen LogP contribution in [0.1, 0.15) is 38.7 Å². The number of nitrogens with one attached hydrogen (secondary N) is 1. The van der Waals surface area contributed by atoms with Crippen LogP contribution in [0.15, 0.2) is 59.2 Å². The van der Waals surface area contributed by atoms with Gasteiger partial charge in [-0.15, -0.1) is 0 Å². The van der Waals surface area contributed by atoms with Crippen LogP contribution in [0.25, 0.3) is 22.8 Å². The van der Waals surface area contributed by atoms with E-state index in [1.54, 1.807) is 0 Å². The third kappa shape index (κ3) is 5.47. The second-order valence-corrected chi connectivity index (χ2v) is 8.30. The highest BCUT2D eigenvalue weighted by molar-refractivity contribution is 5.86. The van der Waals surface area contributed by atoms with E-state index in [-0.39, 0.29) is 17.1 Å². The molecule has 9 nitrogen and oxygen atoms in total. The molecule has 0 atom stereocenters. The van der Waals surface area contributed by atoms with Crippen LogP contribution >= 0.6 is 0 Å². The van der Waals surface area contributed by atoms with Crippen LogP contribution in [0, 0.1) is 20.8 Å². The number of aromatic carboxylic acids is 1. The molecule has 0 unspecified atom stereocenters. The molecule has 1 aromatic carbocycles. The molecule has 37 heavy (non-hydrogen) atoms. The van der Waals surface area contributed by atoms with E-state index in [2.05, 4.69) is 46.4 Å². The topological polar surface area (TPSA) is 122 Å². The highest BCUT2D eigenvalue weighted by Crippen LogP contribution is 2.32. The van der Waals surface area contributed by atoms with Gasteiger partial charge < -0.3 is 15.3 Å². The summed E-state index contributed by atoms with van der Waals surface area (Å²) in [5.74, 6) is -1.30. The lowest BCUT2D eigenvalue weighted by molar-refractivity contribution is -0.142. The number of aromatic nitrogens is 5. The van der Waals surface area contributed by atoms with Gasteiger partial charge in [-0.2, -0.15) is 23.4 Å². The molecule has 0 amide bonds. The second kappa shape index (κ2) is 9.80. The summed E-state index contributed by atoms with van der Waals surface area (Å²) < 4.78 is 46.6. The molecule has 4 heterocycles. The number of carboxylic acid groups (broad SMARTS) is 1. The van der Waals surface area contributed by atoms with E-state index in [0.29, 0.717) is 10.2 Å². The van der Waals surface area contributed by atoms with Crippen molar-refractivity contribution >= 4 is 17.3 Å². The zero-order valence-corrected chi connectivity index (χ0v) is 20.0. The summed E-state index contributed by atoms with van der Waals surface area (Å²) in [6.45, 7) is 6.64. The van der Waals surface area contributed by atoms with Crippen molar-refractivity contribution in [2.24, 2.45) is 0 Å². The number of carboxylic acids is 1. The molecule has 0 saturated carbocycles. The van der Waals surface area contributed by atoms with Gasteiger partial charge in [0, 0.05) is 17.5 Å². The molecule has 0 radical (unpaired) electrons. The van der Waals surface area contributed by atoms with Gasteiger partial charge in [0.25, 0.3) is 0 Å². The maximum atomic E-state index is 13.1. The first-order valence-corrected chi connectivity index (χ1v) is 11.0. The summed E-state index contributed by atoms with van der Waals surface area (Å²) in [6.07, 6.45) is -3.42. The fourth-order valence-electron chi connectivity index (χ4n) is 3.55. The predicted molar refractivity (Wildman–Crippen MR) is 129 cm³/mol. The first kappa shape index (κ1) is 25.5. The monoisotopic (exact) mass is 511 g/mol. The molecule has 12 heteroatoms. The minimum Gasteiger partial charge on any atom is -0.696 e. The average molecular weight is 511 g/mol. The molecular weight excluding hydrogens is 489 g/mol. The van der Waals surface area contributed by atoms with Crippen molar-refractivity contribution in [1.29, 1.82) is 0 Å². The minimum absolute atomic E-state index is 0.0586. The van der Waals surface area contributed by atoms with Crippen molar-refractivity contribution < 1.29 is 27.5 Å². The van der Waals surface area contributed by atoms with Crippen molar-refractivity contribution in [1.82, 2.24) is 24.4 Å². The zero-order chi connectivity index (χ0) is 26.9. The number of nitrogens with zero attached hydrogens (tertiary/aromatic N) is 5. The zero-order valence-electron chi connectivity index (χ0n) is 20.0. The van der Waals surface area contributed by atoms with Gasteiger partial charge in [0.2, 0.25) is 0 Å². The van der Waals surface area contributed by atoms with Gasteiger partial charge >= 0.3 is 12.1 Å². The van der Waals surface area contributed by atoms with Crippen LogP contribution in [-0.4, -0.2) is 35.5 Å². The maximum absolute atomic E-state index is 13.1. The number of benzene rings is 1. The summed E-state index contributed by atoms with van der Waals surface area (Å²) in [5.41, 5.74) is 10.6. The Hall–Kier alpha value is -4.61. The largest absolute Gasteiger partial charge is 0.696 e. The van der Waals surface area contributed by atoms with Crippen LogP contribution in [0.5, 0.6) is 0 Å². The average Bonchev–Trinajstić information content (AvgIpc) is 3.57. The molecule has 5 aromatic rings. The number of fused-ring (bicyclic) bond motifs is 1. The lowest BCUT2D eigenvalue weighted by Gasteiger charge is -2.09. The lowest BCUT2D eigenvalue weighted by Crippen LogP contribution is -2.14. The summed E-state index contributed by atoms with van der Waals surface area (Å²) in [7, 11) is 0. The van der Waals surface area contributed by atoms with E-state index < -0.39 is 23.5 Å². The summed E-state index contributed by atoms with van der Waals surface area (Å²) in [5, 5.41) is 16.6. The molecule has 4 aromatic heterocycles. The molecule has 0 saturated heterocycles. The Morgan fingerprint density at radius 2 is 1.78 bits per heavy atom. The van der Waals surface area contributed by atoms with E-state index in [1.165, 1.54) is 29.5 Å². The third-order valence-electron chi connectivity index (χ3n) is 5.54. The minimum atomic E-state index is -4.72. The van der Waals surface area contributed by atoms with Gasteiger partial charge in [-0.25, -0.2) is 14.3 Å². The Morgan fingerprint density at radius 3 is 2.32 bits per heavy atom. The number of carbonyl (C=O) groups is 1. The van der Waals surface area contributed by atoms with Gasteiger partial charge in [-0.1, -0.05) is 35.5 Å². The Morgan fingerprint density at radius 1 is 1.08 bits per heavy atom. The highest BCUT2D eigenvalue weighted by Gasteiger charge is 2.36. The van der Waals surface area contributed by atoms with Crippen LogP contribution < -0.4 is 0 Å². The second-order valence-electron chi connectivity index (χ2n) is 8.30. The number of hydrogen-bond donors (Lipinski definition) is 1. The van der Waals surface area contributed by atoms with Crippen molar-refractivity contribution in [2.75, 3.05) is 0 Å². The summed E-state index contributed by atoms with van der Waals surface area (Å²) in [4.78, 5) is 14.8. The molecule has 0 bridgehead atoms. The quantitative estimate of drug-likeness (QED) is 0.304. The van der Waals surface area contributed by atoms with E-state index in [9.17, 15) is 18.0 Å². The van der Waals surface area contributed by atoms with E-state index in [1.807, 2.05) is 18.5 Å². The lowest BCUT2D eigenvalue weighted by atomic mass is 10.1. The number of aryl methyl sites for hydroxylation is 2. The number of rotatable bonds is 4. The first-order valence-electron chi connectivity index (χ1n) is 11.0. The van der Waals surface area contributed by atoms with Crippen molar-refractivity contribution in [3.63, 3.8) is 0 Å². The van der Waals surface area contributed by atoms with Crippen molar-refractivity contribution in [2.45, 2.75) is 33.5 Å². The molecule has 0 aliphatic heterocycles. The molecule has 0 spiro atoms. The third-order valence-corrected chi connectivity index (χ3v) is 5.54. The normalized spacial score (nSPS) is 11.4. The number of alkyl halides is 3. The number of furan rings is 1. The maximum Gasteiger partial charge on any atom is 0.433 e. The molecule has 0 aliphatic rings. The summed E-state index contributed by atoms with van der Waals surface area (Å²) in [6, 6.07) is 13.1. The summed E-state index contributed by atoms with van der Waals surface area (Å²) >= 11 is 0. The Balaban J connectivity index is 0.000000180. The molecular formula is C25H22F3N6O3-. The van der Waals surface area contributed by atoms with E-state index in [0.717, 1.165) is 30.1 Å². The fraction of sp³-hybridized carbons (Fsp3) is 0.200. The number of hydrogen-bond acceptors (Lipinski definition) is 5. The Bertz CT molecular complexity index is 1550. The van der Waals surface area contributed by atoms with Crippen LogP contribution in [0.3, 0.4) is 0 Å². The van der Waals surface area contributed by atoms with Gasteiger partial charge in [0.05, 0.1) is 12.8 Å². The molecule has 0 aliphatic carbocycles. The van der Waals surface area contributed by atoms with Gasteiger partial charge in [-0.3, -0.25) is 4.68 Å². The molecule has 0 fully saturated rings. The Labute approximate surface area is 209 Å². The van der Waals surface area contributed by atoms with E-state index >= 15 is 0 Å².